The Balaban J connectivity index is 2.72. The Hall–Kier alpha value is -2.24. The molecule has 2 amide bonds. The predicted octanol–water partition coefficient (Wildman–Crippen LogP) is 1.40. The third-order valence-corrected chi connectivity index (χ3v) is 2.55. The number of phenolic OH excluding ortho intramolecular Hbond substituents is 1. The molecule has 0 spiro atoms. The molecule has 0 unspecified atom stereocenters. The van der Waals surface area contributed by atoms with Gasteiger partial charge >= 0.3 is 12.0 Å². The van der Waals surface area contributed by atoms with Crippen molar-refractivity contribution in [2.24, 2.45) is 0 Å². The van der Waals surface area contributed by atoms with Crippen LogP contribution < -0.4 is 10.2 Å². The third kappa shape index (κ3) is 3.38. The molecule has 0 aliphatic carbocycles. The lowest BCUT2D eigenvalue weighted by molar-refractivity contribution is -0.139. The number of carbonyl (C=O) groups is 2. The number of aromatic hydroxyl groups is 1. The highest BCUT2D eigenvalue weighted by Crippen LogP contribution is 2.17. The van der Waals surface area contributed by atoms with Crippen molar-refractivity contribution >= 4 is 17.7 Å². The van der Waals surface area contributed by atoms with E-state index in [4.69, 9.17) is 10.2 Å². The number of hydrogen-bond donors (Lipinski definition) is 3. The van der Waals surface area contributed by atoms with Crippen molar-refractivity contribution in [1.82, 2.24) is 5.32 Å². The molecule has 0 aliphatic rings. The first-order valence-electron chi connectivity index (χ1n) is 5.51. The lowest BCUT2D eigenvalue weighted by Gasteiger charge is -2.20. The van der Waals surface area contributed by atoms with Crippen LogP contribution in [-0.2, 0) is 4.79 Å². The van der Waals surface area contributed by atoms with Crippen LogP contribution >= 0.6 is 0 Å². The number of anilines is 1. The van der Waals surface area contributed by atoms with Crippen LogP contribution in [-0.4, -0.2) is 35.3 Å². The molecule has 0 saturated carbocycles. The minimum atomic E-state index is -1.06. The van der Waals surface area contributed by atoms with Gasteiger partial charge in [0.25, 0.3) is 0 Å². The summed E-state index contributed by atoms with van der Waals surface area (Å²) in [4.78, 5) is 23.9. The van der Waals surface area contributed by atoms with Gasteiger partial charge in [-0.25, -0.2) is 9.59 Å². The molecule has 6 nitrogen and oxygen atoms in total. The number of carbonyl (C=O) groups excluding carboxylic acids is 1. The third-order valence-electron chi connectivity index (χ3n) is 2.55. The van der Waals surface area contributed by atoms with Crippen molar-refractivity contribution in [3.8, 4) is 5.75 Å². The Morgan fingerprint density at radius 3 is 2.33 bits per heavy atom. The molecule has 0 aliphatic heterocycles. The molecule has 1 rings (SSSR count). The van der Waals surface area contributed by atoms with E-state index in [1.165, 1.54) is 24.1 Å². The number of urea groups is 1. The Bertz CT molecular complexity index is 430. The lowest BCUT2D eigenvalue weighted by atomic mass is 10.2. The zero-order chi connectivity index (χ0) is 13.7. The van der Waals surface area contributed by atoms with Gasteiger partial charge in [0, 0.05) is 12.7 Å². The van der Waals surface area contributed by atoms with E-state index in [-0.39, 0.29) is 5.75 Å². The summed E-state index contributed by atoms with van der Waals surface area (Å²) in [6.07, 6.45) is 0.310. The highest BCUT2D eigenvalue weighted by Gasteiger charge is 2.20. The van der Waals surface area contributed by atoms with Gasteiger partial charge in [0.15, 0.2) is 0 Å². The monoisotopic (exact) mass is 252 g/mol. The van der Waals surface area contributed by atoms with E-state index in [1.54, 1.807) is 19.1 Å². The minimum absolute atomic E-state index is 0.101. The molecule has 0 aromatic heterocycles. The second-order valence-corrected chi connectivity index (χ2v) is 3.82. The average molecular weight is 252 g/mol. The first-order valence-corrected chi connectivity index (χ1v) is 5.51. The van der Waals surface area contributed by atoms with Crippen LogP contribution in [0.1, 0.15) is 13.3 Å². The normalized spacial score (nSPS) is 11.7. The maximum atomic E-state index is 11.8. The maximum absolute atomic E-state index is 11.8. The Kier molecular flexibility index (Phi) is 4.53. The number of benzene rings is 1. The Morgan fingerprint density at radius 2 is 1.89 bits per heavy atom. The molecule has 0 saturated heterocycles. The lowest BCUT2D eigenvalue weighted by Crippen LogP contribution is -2.46. The largest absolute Gasteiger partial charge is 0.508 e. The molecule has 0 bridgehead atoms. The number of nitrogens with zero attached hydrogens (tertiary/aromatic N) is 1. The van der Waals surface area contributed by atoms with Crippen molar-refractivity contribution in [2.45, 2.75) is 19.4 Å². The summed E-state index contributed by atoms with van der Waals surface area (Å²) in [5.41, 5.74) is 0.561. The number of rotatable bonds is 4. The second-order valence-electron chi connectivity index (χ2n) is 3.82. The number of carboxylic acids is 1. The van der Waals surface area contributed by atoms with Crippen molar-refractivity contribution in [3.05, 3.63) is 24.3 Å². The van der Waals surface area contributed by atoms with Gasteiger partial charge in [0.05, 0.1) is 0 Å². The number of nitrogens with one attached hydrogen (secondary N) is 1. The predicted molar refractivity (Wildman–Crippen MR) is 66.8 cm³/mol. The van der Waals surface area contributed by atoms with Crippen molar-refractivity contribution < 1.29 is 19.8 Å². The van der Waals surface area contributed by atoms with E-state index in [0.29, 0.717) is 12.1 Å². The van der Waals surface area contributed by atoms with Crippen molar-refractivity contribution in [1.29, 1.82) is 0 Å². The summed E-state index contributed by atoms with van der Waals surface area (Å²) in [6.45, 7) is 1.68. The van der Waals surface area contributed by atoms with Crippen molar-refractivity contribution in [2.75, 3.05) is 11.9 Å². The first kappa shape index (κ1) is 13.8. The summed E-state index contributed by atoms with van der Waals surface area (Å²) in [5, 5.41) is 20.4. The molecule has 98 valence electrons. The molecule has 1 aromatic rings. The van der Waals surface area contributed by atoms with Gasteiger partial charge in [-0.3, -0.25) is 4.90 Å². The summed E-state index contributed by atoms with van der Waals surface area (Å²) in [5.74, 6) is -0.963. The summed E-state index contributed by atoms with van der Waals surface area (Å²) < 4.78 is 0. The standard InChI is InChI=1S/C12H16N2O4/c1-3-10(11(16)17)13-12(18)14(2)8-4-6-9(15)7-5-8/h4-7,10,15H,3H2,1-2H3,(H,13,18)(H,16,17)/t10-/m1/s1. The van der Waals surface area contributed by atoms with Crippen LogP contribution in [0.15, 0.2) is 24.3 Å². The van der Waals surface area contributed by atoms with E-state index < -0.39 is 18.0 Å². The van der Waals surface area contributed by atoms with E-state index in [9.17, 15) is 9.59 Å². The van der Waals surface area contributed by atoms with Crippen LogP contribution in [0.25, 0.3) is 0 Å². The second kappa shape index (κ2) is 5.90. The Morgan fingerprint density at radius 1 is 1.33 bits per heavy atom. The molecular weight excluding hydrogens is 236 g/mol. The van der Waals surface area contributed by atoms with Gasteiger partial charge in [-0.1, -0.05) is 6.92 Å². The van der Waals surface area contributed by atoms with Gasteiger partial charge < -0.3 is 15.5 Å². The fraction of sp³-hybridized carbons (Fsp3) is 0.333. The van der Waals surface area contributed by atoms with Gasteiger partial charge in [-0.05, 0) is 30.7 Å². The molecule has 6 heteroatoms. The van der Waals surface area contributed by atoms with Crippen LogP contribution in [0.5, 0.6) is 5.75 Å². The van der Waals surface area contributed by atoms with Crippen LogP contribution in [0, 0.1) is 0 Å². The zero-order valence-electron chi connectivity index (χ0n) is 10.3. The van der Waals surface area contributed by atoms with Crippen LogP contribution in [0.4, 0.5) is 10.5 Å². The first-order chi connectivity index (χ1) is 8.45. The van der Waals surface area contributed by atoms with Gasteiger partial charge in [-0.2, -0.15) is 0 Å². The topological polar surface area (TPSA) is 89.9 Å². The van der Waals surface area contributed by atoms with Crippen molar-refractivity contribution in [3.63, 3.8) is 0 Å². The molecule has 18 heavy (non-hydrogen) atoms. The summed E-state index contributed by atoms with van der Waals surface area (Å²) in [6, 6.07) is 4.63. The molecule has 1 atom stereocenters. The number of carboxylic acid groups (broad SMARTS) is 1. The highest BCUT2D eigenvalue weighted by atomic mass is 16.4. The summed E-state index contributed by atoms with van der Waals surface area (Å²) in [7, 11) is 1.52. The highest BCUT2D eigenvalue weighted by molar-refractivity contribution is 5.93. The van der Waals surface area contributed by atoms with Crippen LogP contribution in [0.2, 0.25) is 0 Å². The maximum Gasteiger partial charge on any atom is 0.326 e. The van der Waals surface area contributed by atoms with E-state index in [1.807, 2.05) is 0 Å². The average Bonchev–Trinajstić information content (AvgIpc) is 2.35. The fourth-order valence-electron chi connectivity index (χ4n) is 1.38. The molecule has 1 aromatic carbocycles. The fourth-order valence-corrected chi connectivity index (χ4v) is 1.38. The summed E-state index contributed by atoms with van der Waals surface area (Å²) >= 11 is 0. The van der Waals surface area contributed by atoms with Gasteiger partial charge in [0.1, 0.15) is 11.8 Å². The van der Waals surface area contributed by atoms with Gasteiger partial charge in [0.2, 0.25) is 0 Å². The number of amides is 2. The van der Waals surface area contributed by atoms with E-state index >= 15 is 0 Å². The smallest absolute Gasteiger partial charge is 0.326 e. The Labute approximate surface area is 105 Å². The molecule has 3 N–H and O–H groups in total. The number of hydrogen-bond acceptors (Lipinski definition) is 3. The molecule has 0 fully saturated rings. The zero-order valence-corrected chi connectivity index (χ0v) is 10.3. The SMILES string of the molecule is CC[C@@H](NC(=O)N(C)c1ccc(O)cc1)C(=O)O. The van der Waals surface area contributed by atoms with Gasteiger partial charge in [-0.15, -0.1) is 0 Å². The quantitative estimate of drug-likeness (QED) is 0.755. The molecule has 0 heterocycles. The van der Waals surface area contributed by atoms with E-state index in [0.717, 1.165) is 0 Å². The number of phenols is 1. The van der Waals surface area contributed by atoms with Crippen LogP contribution in [0.3, 0.4) is 0 Å². The molecular formula is C12H16N2O4. The van der Waals surface area contributed by atoms with E-state index in [2.05, 4.69) is 5.32 Å². The minimum Gasteiger partial charge on any atom is -0.508 e. The number of aliphatic carboxylic acids is 1. The molecule has 0 radical (unpaired) electrons.